The molecule has 1 heterocycles. The number of nitrogens with zero attached hydrogens (tertiary/aromatic N) is 3. The number of aromatic nitrogens is 1. The molecule has 0 aliphatic heterocycles. The van der Waals surface area contributed by atoms with Gasteiger partial charge in [-0.1, -0.05) is 12.1 Å². The predicted molar refractivity (Wildman–Crippen MR) is 86.5 cm³/mol. The topological polar surface area (TPSA) is 57.8 Å². The average Bonchev–Trinajstić information content (AvgIpc) is 2.48. The van der Waals surface area contributed by atoms with E-state index < -0.39 is 0 Å². The van der Waals surface area contributed by atoms with Crippen LogP contribution in [0.4, 0.5) is 0 Å². The number of pyridine rings is 1. The van der Waals surface area contributed by atoms with Crippen LogP contribution < -0.4 is 0 Å². The molecule has 4 nitrogen and oxygen atoms in total. The van der Waals surface area contributed by atoms with Gasteiger partial charge in [-0.15, -0.1) is 0 Å². The Morgan fingerprint density at radius 1 is 1.14 bits per heavy atom. The summed E-state index contributed by atoms with van der Waals surface area (Å²) >= 11 is 0. The fraction of sp³-hybridized carbons (Fsp3) is 0.235. The van der Waals surface area contributed by atoms with Crippen molar-refractivity contribution < 1.29 is 5.11 Å². The van der Waals surface area contributed by atoms with Crippen LogP contribution in [0.1, 0.15) is 29.3 Å². The van der Waals surface area contributed by atoms with Gasteiger partial charge in [-0.3, -0.25) is 9.98 Å². The summed E-state index contributed by atoms with van der Waals surface area (Å²) < 4.78 is 0. The first kappa shape index (κ1) is 14.9. The van der Waals surface area contributed by atoms with Crippen molar-refractivity contribution >= 4 is 11.5 Å². The van der Waals surface area contributed by atoms with Crippen LogP contribution in [0, 0.1) is 13.8 Å². The molecule has 2 rings (SSSR count). The Morgan fingerprint density at radius 2 is 1.90 bits per heavy atom. The molecule has 1 N–H and O–H groups in total. The lowest BCUT2D eigenvalue weighted by Gasteiger charge is -2.08. The maximum Gasteiger partial charge on any atom is 0.173 e. The van der Waals surface area contributed by atoms with E-state index in [0.29, 0.717) is 5.84 Å². The normalized spacial score (nSPS) is 12.6. The highest BCUT2D eigenvalue weighted by Gasteiger charge is 2.09. The standard InChI is InChI=1S/C17H19N3O/c1-11-7-8-14(21)10-15(11)13(3)20-17(18-4)16-12(2)6-5-9-19-16/h5-10,21H,1-4H3. The molecule has 0 radical (unpaired) electrons. The summed E-state index contributed by atoms with van der Waals surface area (Å²) in [5, 5.41) is 9.64. The first-order valence-corrected chi connectivity index (χ1v) is 6.77. The van der Waals surface area contributed by atoms with E-state index in [9.17, 15) is 5.11 Å². The Bertz CT molecular complexity index is 718. The molecule has 0 saturated carbocycles. The van der Waals surface area contributed by atoms with Crippen molar-refractivity contribution in [1.82, 2.24) is 4.98 Å². The molecular weight excluding hydrogens is 262 g/mol. The third-order valence-corrected chi connectivity index (χ3v) is 3.32. The van der Waals surface area contributed by atoms with Gasteiger partial charge >= 0.3 is 0 Å². The van der Waals surface area contributed by atoms with E-state index in [0.717, 1.165) is 28.1 Å². The fourth-order valence-electron chi connectivity index (χ4n) is 2.15. The number of amidine groups is 1. The number of hydrogen-bond donors (Lipinski definition) is 1. The van der Waals surface area contributed by atoms with Crippen LogP contribution in [-0.4, -0.2) is 28.7 Å². The number of phenolic OH excluding ortho intramolecular Hbond substituents is 1. The van der Waals surface area contributed by atoms with Gasteiger partial charge in [0.2, 0.25) is 0 Å². The number of aliphatic imine (C=N–C) groups is 2. The summed E-state index contributed by atoms with van der Waals surface area (Å²) in [5.41, 5.74) is 4.57. The summed E-state index contributed by atoms with van der Waals surface area (Å²) in [4.78, 5) is 13.2. The lowest BCUT2D eigenvalue weighted by molar-refractivity contribution is 0.475. The Balaban J connectivity index is 2.46. The molecular formula is C17H19N3O. The van der Waals surface area contributed by atoms with E-state index in [1.165, 1.54) is 0 Å². The molecule has 1 aromatic heterocycles. The lowest BCUT2D eigenvalue weighted by atomic mass is 10.0. The number of aromatic hydroxyl groups is 1. The van der Waals surface area contributed by atoms with Crippen molar-refractivity contribution in [2.75, 3.05) is 7.05 Å². The summed E-state index contributed by atoms with van der Waals surface area (Å²) in [7, 11) is 1.70. The monoisotopic (exact) mass is 281 g/mol. The van der Waals surface area contributed by atoms with Crippen molar-refractivity contribution in [2.45, 2.75) is 20.8 Å². The maximum absolute atomic E-state index is 9.64. The molecule has 0 fully saturated rings. The molecule has 2 aromatic rings. The van der Waals surface area contributed by atoms with E-state index in [4.69, 9.17) is 0 Å². The number of benzene rings is 1. The second-order valence-electron chi connectivity index (χ2n) is 4.91. The van der Waals surface area contributed by atoms with E-state index >= 15 is 0 Å². The highest BCUT2D eigenvalue weighted by molar-refractivity contribution is 6.11. The summed E-state index contributed by atoms with van der Waals surface area (Å²) in [6, 6.07) is 9.13. The van der Waals surface area contributed by atoms with Gasteiger partial charge in [0.25, 0.3) is 0 Å². The average molecular weight is 281 g/mol. The third kappa shape index (κ3) is 3.34. The number of phenols is 1. The van der Waals surface area contributed by atoms with Crippen molar-refractivity contribution in [3.8, 4) is 5.75 Å². The Labute approximate surface area is 124 Å². The fourth-order valence-corrected chi connectivity index (χ4v) is 2.15. The van der Waals surface area contributed by atoms with E-state index in [-0.39, 0.29) is 5.75 Å². The largest absolute Gasteiger partial charge is 0.508 e. The van der Waals surface area contributed by atoms with Crippen LogP contribution in [-0.2, 0) is 0 Å². The first-order valence-electron chi connectivity index (χ1n) is 6.77. The molecule has 4 heteroatoms. The Hall–Kier alpha value is -2.49. The molecule has 0 aliphatic carbocycles. The van der Waals surface area contributed by atoms with Crippen LogP contribution in [0.3, 0.4) is 0 Å². The van der Waals surface area contributed by atoms with Crippen molar-refractivity contribution in [3.63, 3.8) is 0 Å². The van der Waals surface area contributed by atoms with Gasteiger partial charge in [0.1, 0.15) is 11.4 Å². The minimum absolute atomic E-state index is 0.231. The van der Waals surface area contributed by atoms with Crippen LogP contribution in [0.25, 0.3) is 0 Å². The van der Waals surface area contributed by atoms with Gasteiger partial charge < -0.3 is 5.11 Å². The van der Waals surface area contributed by atoms with Crippen LogP contribution >= 0.6 is 0 Å². The number of rotatable bonds is 2. The van der Waals surface area contributed by atoms with Gasteiger partial charge in [-0.2, -0.15) is 0 Å². The summed E-state index contributed by atoms with van der Waals surface area (Å²) in [6.45, 7) is 5.88. The minimum Gasteiger partial charge on any atom is -0.508 e. The maximum atomic E-state index is 9.64. The molecule has 0 aliphatic rings. The van der Waals surface area contributed by atoms with Crippen molar-refractivity contribution in [3.05, 3.63) is 58.9 Å². The summed E-state index contributed by atoms with van der Waals surface area (Å²) in [6.07, 6.45) is 1.73. The molecule has 0 atom stereocenters. The van der Waals surface area contributed by atoms with Crippen LogP contribution in [0.2, 0.25) is 0 Å². The zero-order valence-electron chi connectivity index (χ0n) is 12.8. The quantitative estimate of drug-likeness (QED) is 0.678. The molecule has 21 heavy (non-hydrogen) atoms. The third-order valence-electron chi connectivity index (χ3n) is 3.32. The van der Waals surface area contributed by atoms with Crippen molar-refractivity contribution in [1.29, 1.82) is 0 Å². The molecule has 0 spiro atoms. The molecule has 0 unspecified atom stereocenters. The van der Waals surface area contributed by atoms with E-state index in [1.807, 2.05) is 39.0 Å². The molecule has 108 valence electrons. The number of hydrogen-bond acceptors (Lipinski definition) is 3. The van der Waals surface area contributed by atoms with Crippen LogP contribution in [0.15, 0.2) is 46.5 Å². The van der Waals surface area contributed by atoms with Gasteiger partial charge in [-0.25, -0.2) is 4.99 Å². The minimum atomic E-state index is 0.231. The first-order chi connectivity index (χ1) is 10.0. The second kappa shape index (κ2) is 6.31. The molecule has 0 bridgehead atoms. The zero-order chi connectivity index (χ0) is 15.4. The molecule has 0 saturated heterocycles. The van der Waals surface area contributed by atoms with E-state index in [2.05, 4.69) is 15.0 Å². The summed E-state index contributed by atoms with van der Waals surface area (Å²) in [5.74, 6) is 0.822. The van der Waals surface area contributed by atoms with E-state index in [1.54, 1.807) is 25.4 Å². The molecule has 0 amide bonds. The second-order valence-corrected chi connectivity index (χ2v) is 4.91. The Morgan fingerprint density at radius 3 is 2.57 bits per heavy atom. The smallest absolute Gasteiger partial charge is 0.173 e. The van der Waals surface area contributed by atoms with Crippen LogP contribution in [0.5, 0.6) is 5.75 Å². The highest BCUT2D eigenvalue weighted by Crippen LogP contribution is 2.17. The highest BCUT2D eigenvalue weighted by atomic mass is 16.3. The van der Waals surface area contributed by atoms with Gasteiger partial charge in [-0.05, 0) is 50.1 Å². The SMILES string of the molecule is CN=C(N=C(C)c1cc(O)ccc1C)c1ncccc1C. The zero-order valence-corrected chi connectivity index (χ0v) is 12.8. The van der Waals surface area contributed by atoms with Crippen molar-refractivity contribution in [2.24, 2.45) is 9.98 Å². The van der Waals surface area contributed by atoms with Gasteiger partial charge in [0, 0.05) is 24.5 Å². The Kier molecular flexibility index (Phi) is 4.48. The number of aryl methyl sites for hydroxylation is 2. The van der Waals surface area contributed by atoms with Gasteiger partial charge in [0.05, 0.1) is 0 Å². The molecule has 1 aromatic carbocycles. The lowest BCUT2D eigenvalue weighted by Crippen LogP contribution is -2.08. The van der Waals surface area contributed by atoms with Gasteiger partial charge in [0.15, 0.2) is 5.84 Å². The predicted octanol–water partition coefficient (Wildman–Crippen LogP) is 3.29.